The van der Waals surface area contributed by atoms with Crippen LogP contribution in [-0.4, -0.2) is 17.1 Å². The van der Waals surface area contributed by atoms with Gasteiger partial charge in [0, 0.05) is 11.6 Å². The second-order valence-corrected chi connectivity index (χ2v) is 6.50. The van der Waals surface area contributed by atoms with Gasteiger partial charge in [-0.25, -0.2) is 0 Å². The molecule has 1 aromatic rings. The molecule has 3 heteroatoms. The Hall–Kier alpha value is -1.51. The maximum Gasteiger partial charge on any atom is 0.224 e. The van der Waals surface area contributed by atoms with Crippen LogP contribution in [0.5, 0.6) is 5.75 Å². The highest BCUT2D eigenvalue weighted by molar-refractivity contribution is 5.79. The Bertz CT molecular complexity index is 500. The number of para-hydroxylation sites is 1. The summed E-state index contributed by atoms with van der Waals surface area (Å²) < 4.78 is 0. The zero-order chi connectivity index (χ0) is 14.1. The molecule has 2 saturated carbocycles. The quantitative estimate of drug-likeness (QED) is 0.886. The molecule has 0 aromatic heterocycles. The zero-order valence-corrected chi connectivity index (χ0v) is 12.0. The first-order valence-corrected chi connectivity index (χ1v) is 7.69. The summed E-state index contributed by atoms with van der Waals surface area (Å²) in [6.07, 6.45) is 5.64. The van der Waals surface area contributed by atoms with Gasteiger partial charge in [0.25, 0.3) is 0 Å². The largest absolute Gasteiger partial charge is 0.508 e. The third kappa shape index (κ3) is 2.67. The Labute approximate surface area is 120 Å². The molecule has 3 rings (SSSR count). The van der Waals surface area contributed by atoms with Crippen molar-refractivity contribution in [2.45, 2.75) is 45.1 Å². The van der Waals surface area contributed by atoms with Gasteiger partial charge in [-0.2, -0.15) is 0 Å². The van der Waals surface area contributed by atoms with Crippen LogP contribution in [0.15, 0.2) is 24.3 Å². The molecule has 108 valence electrons. The first-order valence-electron chi connectivity index (χ1n) is 7.69. The van der Waals surface area contributed by atoms with E-state index in [1.807, 2.05) is 6.07 Å². The second kappa shape index (κ2) is 5.47. The monoisotopic (exact) mass is 273 g/mol. The molecule has 2 fully saturated rings. The predicted molar refractivity (Wildman–Crippen MR) is 78.4 cm³/mol. The molecule has 3 nitrogen and oxygen atoms in total. The lowest BCUT2D eigenvalue weighted by molar-refractivity contribution is -0.121. The van der Waals surface area contributed by atoms with Gasteiger partial charge in [-0.15, -0.1) is 0 Å². The number of phenolic OH excluding ortho intramolecular Hbond substituents is 1. The van der Waals surface area contributed by atoms with Crippen molar-refractivity contribution in [2.24, 2.45) is 17.8 Å². The lowest BCUT2D eigenvalue weighted by Gasteiger charge is -2.28. The number of amides is 1. The topological polar surface area (TPSA) is 49.3 Å². The van der Waals surface area contributed by atoms with Crippen molar-refractivity contribution in [3.05, 3.63) is 29.8 Å². The van der Waals surface area contributed by atoms with Crippen LogP contribution in [0.1, 0.15) is 38.2 Å². The fraction of sp³-hybridized carbons (Fsp3) is 0.588. The molecule has 0 spiro atoms. The van der Waals surface area contributed by atoms with Gasteiger partial charge in [0.2, 0.25) is 5.91 Å². The zero-order valence-electron chi connectivity index (χ0n) is 12.0. The van der Waals surface area contributed by atoms with Crippen LogP contribution in [0.3, 0.4) is 0 Å². The molecular formula is C17H23NO2. The van der Waals surface area contributed by atoms with Crippen LogP contribution in [0.4, 0.5) is 0 Å². The number of nitrogens with one attached hydrogen (secondary N) is 1. The minimum Gasteiger partial charge on any atom is -0.508 e. The van der Waals surface area contributed by atoms with E-state index in [-0.39, 0.29) is 24.1 Å². The second-order valence-electron chi connectivity index (χ2n) is 6.50. The minimum absolute atomic E-state index is 0.0155. The highest BCUT2D eigenvalue weighted by Gasteiger charge is 2.42. The van der Waals surface area contributed by atoms with E-state index >= 15 is 0 Å². The van der Waals surface area contributed by atoms with E-state index in [9.17, 15) is 9.90 Å². The van der Waals surface area contributed by atoms with E-state index in [4.69, 9.17) is 0 Å². The molecule has 2 aliphatic rings. The molecule has 1 aromatic carbocycles. The molecule has 4 atom stereocenters. The summed E-state index contributed by atoms with van der Waals surface area (Å²) in [5.74, 6) is 2.60. The van der Waals surface area contributed by atoms with Gasteiger partial charge in [-0.3, -0.25) is 4.79 Å². The SMILES string of the molecule is C[C@H](NC(=O)Cc1ccccc1O)[C@@H]1C[C@H]2CC[C@H]1C2. The van der Waals surface area contributed by atoms with Crippen molar-refractivity contribution in [3.63, 3.8) is 0 Å². The van der Waals surface area contributed by atoms with Crippen molar-refractivity contribution in [3.8, 4) is 5.75 Å². The first kappa shape index (κ1) is 13.5. The normalized spacial score (nSPS) is 29.4. The highest BCUT2D eigenvalue weighted by Crippen LogP contribution is 2.49. The molecule has 0 unspecified atom stereocenters. The fourth-order valence-electron chi connectivity index (χ4n) is 4.15. The summed E-state index contributed by atoms with van der Waals surface area (Å²) in [7, 11) is 0. The third-order valence-corrected chi connectivity index (χ3v) is 5.17. The summed E-state index contributed by atoms with van der Waals surface area (Å²) in [6.45, 7) is 2.13. The van der Waals surface area contributed by atoms with E-state index in [0.717, 1.165) is 11.8 Å². The molecule has 20 heavy (non-hydrogen) atoms. The lowest BCUT2D eigenvalue weighted by Crippen LogP contribution is -2.40. The molecule has 2 bridgehead atoms. The number of aromatic hydroxyl groups is 1. The fourth-order valence-corrected chi connectivity index (χ4v) is 4.15. The number of hydrogen-bond acceptors (Lipinski definition) is 2. The van der Waals surface area contributed by atoms with E-state index in [1.54, 1.807) is 18.2 Å². The maximum absolute atomic E-state index is 12.1. The standard InChI is InChI=1S/C17H23NO2/c1-11(15-9-12-6-7-13(15)8-12)18-17(20)10-14-4-2-3-5-16(14)19/h2-5,11-13,15,19H,6-10H2,1H3,(H,18,20)/t11-,12-,13-,15-/m0/s1. The van der Waals surface area contributed by atoms with E-state index in [2.05, 4.69) is 12.2 Å². The van der Waals surface area contributed by atoms with Crippen LogP contribution >= 0.6 is 0 Å². The number of benzene rings is 1. The number of hydrogen-bond donors (Lipinski definition) is 2. The average molecular weight is 273 g/mol. The molecule has 0 saturated heterocycles. The van der Waals surface area contributed by atoms with Gasteiger partial charge in [0.15, 0.2) is 0 Å². The molecular weight excluding hydrogens is 250 g/mol. The third-order valence-electron chi connectivity index (χ3n) is 5.17. The molecule has 0 radical (unpaired) electrons. The summed E-state index contributed by atoms with van der Waals surface area (Å²) >= 11 is 0. The molecule has 0 heterocycles. The van der Waals surface area contributed by atoms with Crippen LogP contribution in [-0.2, 0) is 11.2 Å². The van der Waals surface area contributed by atoms with Gasteiger partial charge in [0.1, 0.15) is 5.75 Å². The molecule has 2 aliphatic carbocycles. The Morgan fingerprint density at radius 3 is 2.80 bits per heavy atom. The Kier molecular flexibility index (Phi) is 3.68. The number of fused-ring (bicyclic) bond motifs is 2. The van der Waals surface area contributed by atoms with Gasteiger partial charge < -0.3 is 10.4 Å². The summed E-state index contributed by atoms with van der Waals surface area (Å²) in [5, 5.41) is 12.8. The van der Waals surface area contributed by atoms with Crippen LogP contribution in [0.2, 0.25) is 0 Å². The van der Waals surface area contributed by atoms with E-state index in [0.29, 0.717) is 11.5 Å². The number of phenols is 1. The Balaban J connectivity index is 1.55. The van der Waals surface area contributed by atoms with Gasteiger partial charge in [0.05, 0.1) is 6.42 Å². The summed E-state index contributed by atoms with van der Waals surface area (Å²) in [6, 6.07) is 7.30. The Morgan fingerprint density at radius 2 is 2.15 bits per heavy atom. The van der Waals surface area contributed by atoms with Gasteiger partial charge in [-0.1, -0.05) is 24.6 Å². The first-order chi connectivity index (χ1) is 9.63. The molecule has 1 amide bonds. The van der Waals surface area contributed by atoms with Gasteiger partial charge >= 0.3 is 0 Å². The van der Waals surface area contributed by atoms with Crippen molar-refractivity contribution in [2.75, 3.05) is 0 Å². The van der Waals surface area contributed by atoms with Crippen molar-refractivity contribution in [1.82, 2.24) is 5.32 Å². The molecule has 0 aliphatic heterocycles. The van der Waals surface area contributed by atoms with Crippen molar-refractivity contribution in [1.29, 1.82) is 0 Å². The smallest absolute Gasteiger partial charge is 0.224 e. The minimum atomic E-state index is 0.0155. The highest BCUT2D eigenvalue weighted by atomic mass is 16.3. The summed E-state index contributed by atoms with van der Waals surface area (Å²) in [4.78, 5) is 12.1. The predicted octanol–water partition coefficient (Wildman–Crippen LogP) is 2.88. The van der Waals surface area contributed by atoms with Crippen LogP contribution < -0.4 is 5.32 Å². The van der Waals surface area contributed by atoms with E-state index in [1.165, 1.54) is 25.7 Å². The maximum atomic E-state index is 12.1. The average Bonchev–Trinajstić information content (AvgIpc) is 3.03. The summed E-state index contributed by atoms with van der Waals surface area (Å²) in [5.41, 5.74) is 0.699. The number of carbonyl (C=O) groups is 1. The van der Waals surface area contributed by atoms with Crippen LogP contribution in [0, 0.1) is 17.8 Å². The van der Waals surface area contributed by atoms with E-state index < -0.39 is 0 Å². The Morgan fingerprint density at radius 1 is 1.35 bits per heavy atom. The van der Waals surface area contributed by atoms with Gasteiger partial charge in [-0.05, 0) is 50.0 Å². The van der Waals surface area contributed by atoms with Crippen molar-refractivity contribution >= 4 is 5.91 Å². The van der Waals surface area contributed by atoms with Crippen molar-refractivity contribution < 1.29 is 9.90 Å². The lowest BCUT2D eigenvalue weighted by atomic mass is 9.84. The number of carbonyl (C=O) groups excluding carboxylic acids is 1. The molecule has 2 N–H and O–H groups in total. The van der Waals surface area contributed by atoms with Crippen LogP contribution in [0.25, 0.3) is 0 Å². The number of rotatable bonds is 4.